The molecule has 0 aliphatic rings. The lowest BCUT2D eigenvalue weighted by molar-refractivity contribution is -0.384. The summed E-state index contributed by atoms with van der Waals surface area (Å²) in [6.45, 7) is -0.306. The molecule has 0 unspecified atom stereocenters. The van der Waals surface area contributed by atoms with Gasteiger partial charge in [0.25, 0.3) is 5.69 Å². The Morgan fingerprint density at radius 2 is 2.00 bits per heavy atom. The van der Waals surface area contributed by atoms with E-state index in [0.717, 1.165) is 12.8 Å². The number of carbonyl (C=O) groups is 1. The normalized spacial score (nSPS) is 12.5. The number of hydrogen-bond acceptors (Lipinski definition) is 6. The molecule has 29 heavy (non-hydrogen) atoms. The van der Waals surface area contributed by atoms with Crippen molar-refractivity contribution in [2.24, 2.45) is 0 Å². The summed E-state index contributed by atoms with van der Waals surface area (Å²) in [5.41, 5.74) is 1.02. The van der Waals surface area contributed by atoms with Gasteiger partial charge in [-0.15, -0.1) is 0 Å². The van der Waals surface area contributed by atoms with Crippen molar-refractivity contribution in [3.8, 4) is 5.75 Å². The number of aliphatic hydroxyl groups is 1. The average molecular weight is 399 g/mol. The number of benzene rings is 2. The van der Waals surface area contributed by atoms with Crippen LogP contribution in [0.25, 0.3) is 11.0 Å². The Kier molecular flexibility index (Phi) is 5.76. The topological polar surface area (TPSA) is 103 Å². The number of nitro benzene ring substituents is 1. The molecule has 0 fully saturated rings. The SMILES string of the molecule is [2H]C([2H])(O)CCOc1ccc(C(=O)c2c(CCCC)oc3ccc([N+](=O)[O-])cc23)cc1. The second-order valence-corrected chi connectivity index (χ2v) is 6.55. The Morgan fingerprint density at radius 3 is 2.66 bits per heavy atom. The van der Waals surface area contributed by atoms with E-state index in [-0.39, 0.29) is 24.5 Å². The lowest BCUT2D eigenvalue weighted by Gasteiger charge is -2.07. The van der Waals surface area contributed by atoms with Gasteiger partial charge in [-0.1, -0.05) is 13.3 Å². The summed E-state index contributed by atoms with van der Waals surface area (Å²) in [4.78, 5) is 24.0. The molecule has 0 atom stereocenters. The number of rotatable bonds is 10. The molecule has 3 aromatic rings. The molecule has 1 aromatic heterocycles. The first-order valence-electron chi connectivity index (χ1n) is 10.4. The van der Waals surface area contributed by atoms with Crippen molar-refractivity contribution in [1.82, 2.24) is 0 Å². The van der Waals surface area contributed by atoms with Crippen molar-refractivity contribution in [2.45, 2.75) is 32.6 Å². The number of unbranched alkanes of at least 4 members (excludes halogenated alkanes) is 1. The van der Waals surface area contributed by atoms with Crippen LogP contribution in [0.2, 0.25) is 0 Å². The summed E-state index contributed by atoms with van der Waals surface area (Å²) in [6.07, 6.45) is 2.08. The highest BCUT2D eigenvalue weighted by Gasteiger charge is 2.23. The third kappa shape index (κ3) is 4.63. The molecule has 0 aliphatic heterocycles. The standard InChI is InChI=1S/C22H23NO6/c1-2-3-5-20-21(18-14-16(23(26)27)8-11-19(18)29-20)22(25)15-6-9-17(10-7-15)28-13-4-12-24/h6-11,14,24H,2-5,12-13H2,1H3/i12D2. The molecule has 0 spiro atoms. The summed E-state index contributed by atoms with van der Waals surface area (Å²) in [5, 5.41) is 20.7. The van der Waals surface area contributed by atoms with E-state index in [1.54, 1.807) is 24.3 Å². The van der Waals surface area contributed by atoms with E-state index in [2.05, 4.69) is 0 Å². The van der Waals surface area contributed by atoms with Crippen LogP contribution < -0.4 is 4.74 Å². The van der Waals surface area contributed by atoms with Crippen LogP contribution in [0, 0.1) is 10.1 Å². The Morgan fingerprint density at radius 1 is 1.24 bits per heavy atom. The summed E-state index contributed by atoms with van der Waals surface area (Å²) in [7, 11) is 0. The van der Waals surface area contributed by atoms with E-state index in [0.29, 0.717) is 40.0 Å². The first kappa shape index (κ1) is 17.9. The smallest absolute Gasteiger partial charge is 0.270 e. The number of fused-ring (bicyclic) bond motifs is 1. The van der Waals surface area contributed by atoms with Crippen LogP contribution in [0.4, 0.5) is 5.69 Å². The van der Waals surface area contributed by atoms with Gasteiger partial charge in [0.2, 0.25) is 0 Å². The van der Waals surface area contributed by atoms with Crippen molar-refractivity contribution in [3.05, 3.63) is 69.5 Å². The van der Waals surface area contributed by atoms with Gasteiger partial charge in [-0.05, 0) is 36.8 Å². The third-order valence-electron chi connectivity index (χ3n) is 4.54. The predicted octanol–water partition coefficient (Wildman–Crippen LogP) is 4.68. The fourth-order valence-corrected chi connectivity index (χ4v) is 3.07. The van der Waals surface area contributed by atoms with Crippen LogP contribution in [0.1, 0.15) is 50.6 Å². The maximum absolute atomic E-state index is 13.3. The summed E-state index contributed by atoms with van der Waals surface area (Å²) >= 11 is 0. The fraction of sp³-hybridized carbons (Fsp3) is 0.318. The van der Waals surface area contributed by atoms with Crippen molar-refractivity contribution >= 4 is 22.4 Å². The molecule has 1 heterocycles. The first-order valence-corrected chi connectivity index (χ1v) is 9.39. The molecule has 0 saturated carbocycles. The molecule has 0 bridgehead atoms. The van der Waals surface area contributed by atoms with Crippen molar-refractivity contribution in [2.75, 3.05) is 13.2 Å². The van der Waals surface area contributed by atoms with Gasteiger partial charge in [0, 0.05) is 42.5 Å². The molecule has 7 heteroatoms. The van der Waals surface area contributed by atoms with Gasteiger partial charge in [0.1, 0.15) is 17.1 Å². The quantitative estimate of drug-likeness (QED) is 0.302. The molecule has 7 nitrogen and oxygen atoms in total. The second kappa shape index (κ2) is 9.34. The number of hydrogen-bond donors (Lipinski definition) is 1. The zero-order valence-electron chi connectivity index (χ0n) is 18.0. The number of non-ortho nitro benzene ring substituents is 1. The van der Waals surface area contributed by atoms with Crippen LogP contribution in [0.3, 0.4) is 0 Å². The predicted molar refractivity (Wildman–Crippen MR) is 109 cm³/mol. The monoisotopic (exact) mass is 399 g/mol. The number of ketones is 1. The average Bonchev–Trinajstić information content (AvgIpc) is 3.08. The molecule has 0 saturated heterocycles. The van der Waals surface area contributed by atoms with Crippen molar-refractivity contribution in [3.63, 3.8) is 0 Å². The van der Waals surface area contributed by atoms with Crippen molar-refractivity contribution in [1.29, 1.82) is 0 Å². The number of nitrogens with zero attached hydrogens (tertiary/aromatic N) is 1. The molecule has 0 radical (unpaired) electrons. The van der Waals surface area contributed by atoms with E-state index in [9.17, 15) is 14.9 Å². The lowest BCUT2D eigenvalue weighted by atomic mass is 9.98. The van der Waals surface area contributed by atoms with Crippen LogP contribution >= 0.6 is 0 Å². The van der Waals surface area contributed by atoms with Gasteiger partial charge >= 0.3 is 0 Å². The largest absolute Gasteiger partial charge is 0.494 e. The number of furan rings is 1. The van der Waals surface area contributed by atoms with E-state index in [1.807, 2.05) is 6.92 Å². The number of carbonyl (C=O) groups excluding carboxylic acids is 1. The van der Waals surface area contributed by atoms with E-state index < -0.39 is 11.5 Å². The van der Waals surface area contributed by atoms with E-state index in [1.165, 1.54) is 18.2 Å². The third-order valence-corrected chi connectivity index (χ3v) is 4.54. The van der Waals surface area contributed by atoms with E-state index >= 15 is 0 Å². The van der Waals surface area contributed by atoms with E-state index in [4.69, 9.17) is 17.0 Å². The highest BCUT2D eigenvalue weighted by molar-refractivity contribution is 6.17. The molecule has 1 N–H and O–H groups in total. The Labute approximate surface area is 170 Å². The zero-order valence-corrected chi connectivity index (χ0v) is 16.0. The molecule has 0 aliphatic carbocycles. The van der Waals surface area contributed by atoms with Gasteiger partial charge in [-0.3, -0.25) is 14.9 Å². The number of ether oxygens (including phenoxy) is 1. The number of aryl methyl sites for hydroxylation is 1. The van der Waals surface area contributed by atoms with Gasteiger partial charge in [0.05, 0.1) is 19.8 Å². The highest BCUT2D eigenvalue weighted by atomic mass is 16.6. The Bertz CT molecular complexity index is 1090. The summed E-state index contributed by atoms with van der Waals surface area (Å²) in [5.74, 6) is 0.635. The molecule has 2 aromatic carbocycles. The van der Waals surface area contributed by atoms with Gasteiger partial charge < -0.3 is 14.3 Å². The minimum absolute atomic E-state index is 0.0198. The summed E-state index contributed by atoms with van der Waals surface area (Å²) < 4.78 is 25.4. The van der Waals surface area contributed by atoms with Crippen LogP contribution in [-0.4, -0.2) is 29.0 Å². The van der Waals surface area contributed by atoms with Gasteiger partial charge in [-0.25, -0.2) is 0 Å². The second-order valence-electron chi connectivity index (χ2n) is 6.55. The zero-order chi connectivity index (χ0) is 22.6. The van der Waals surface area contributed by atoms with Crippen LogP contribution in [0.5, 0.6) is 5.75 Å². The van der Waals surface area contributed by atoms with Crippen LogP contribution in [-0.2, 0) is 6.42 Å². The minimum atomic E-state index is -2.31. The molecular weight excluding hydrogens is 374 g/mol. The van der Waals surface area contributed by atoms with Crippen LogP contribution in [0.15, 0.2) is 46.9 Å². The maximum Gasteiger partial charge on any atom is 0.270 e. The first-order chi connectivity index (χ1) is 14.7. The fourth-order valence-electron chi connectivity index (χ4n) is 3.07. The summed E-state index contributed by atoms with van der Waals surface area (Å²) in [6, 6.07) is 10.5. The molecule has 3 rings (SSSR count). The Balaban J connectivity index is 1.91. The minimum Gasteiger partial charge on any atom is -0.494 e. The van der Waals surface area contributed by atoms with Gasteiger partial charge in [0.15, 0.2) is 5.78 Å². The lowest BCUT2D eigenvalue weighted by Crippen LogP contribution is -2.05. The Hall–Kier alpha value is -3.19. The molecular formula is C22H23NO6. The number of nitro groups is 1. The molecule has 152 valence electrons. The highest BCUT2D eigenvalue weighted by Crippen LogP contribution is 2.32. The van der Waals surface area contributed by atoms with Gasteiger partial charge in [-0.2, -0.15) is 0 Å². The van der Waals surface area contributed by atoms with Crippen molar-refractivity contribution < 1.29 is 26.7 Å². The maximum atomic E-state index is 13.3. The molecule has 0 amide bonds.